The Bertz CT molecular complexity index is 1020. The number of nitrogens with zero attached hydrogens (tertiary/aromatic N) is 1. The molecule has 1 aliphatic rings. The van der Waals surface area contributed by atoms with Gasteiger partial charge in [-0.25, -0.2) is 13.6 Å². The molecule has 2 aromatic rings. The molecule has 0 fully saturated rings. The van der Waals surface area contributed by atoms with E-state index in [1.807, 2.05) is 27.7 Å². The first-order valence-corrected chi connectivity index (χ1v) is 13.0. The van der Waals surface area contributed by atoms with Gasteiger partial charge >= 0.3 is 6.09 Å². The number of fused-ring (bicyclic) bond motifs is 1. The number of rotatable bonds is 9. The van der Waals surface area contributed by atoms with E-state index in [9.17, 15) is 18.7 Å². The van der Waals surface area contributed by atoms with Crippen LogP contribution in [0.15, 0.2) is 36.4 Å². The Morgan fingerprint density at radius 1 is 1.14 bits per heavy atom. The normalized spacial score (nSPS) is 17.3. The smallest absolute Gasteiger partial charge is 0.410 e. The van der Waals surface area contributed by atoms with Gasteiger partial charge in [0.25, 0.3) is 0 Å². The molecular weight excluding hydrogens is 462 g/mol. The third kappa shape index (κ3) is 7.50. The Kier molecular flexibility index (Phi) is 9.47. The Morgan fingerprint density at radius 2 is 1.83 bits per heavy atom. The topological polar surface area (TPSA) is 61.8 Å². The van der Waals surface area contributed by atoms with Gasteiger partial charge in [0, 0.05) is 12.1 Å². The number of carbonyl (C=O) groups is 1. The van der Waals surface area contributed by atoms with Crippen molar-refractivity contribution in [2.75, 3.05) is 13.1 Å². The second-order valence-corrected chi connectivity index (χ2v) is 10.6. The van der Waals surface area contributed by atoms with Crippen LogP contribution in [0.4, 0.5) is 13.6 Å². The molecule has 0 saturated heterocycles. The fourth-order valence-corrected chi connectivity index (χ4v) is 4.93. The van der Waals surface area contributed by atoms with Crippen molar-refractivity contribution < 1.29 is 23.4 Å². The number of hydrogen-bond donors (Lipinski definition) is 2. The van der Waals surface area contributed by atoms with Crippen molar-refractivity contribution in [1.82, 2.24) is 10.2 Å². The summed E-state index contributed by atoms with van der Waals surface area (Å²) in [7, 11) is 0. The van der Waals surface area contributed by atoms with Crippen molar-refractivity contribution in [3.63, 3.8) is 0 Å². The summed E-state index contributed by atoms with van der Waals surface area (Å²) >= 11 is 0. The summed E-state index contributed by atoms with van der Waals surface area (Å²) < 4.78 is 33.4. The number of ether oxygens (including phenoxy) is 1. The lowest BCUT2D eigenvalue weighted by molar-refractivity contribution is -0.00319. The molecule has 0 aromatic heterocycles. The molecule has 0 aliphatic heterocycles. The van der Waals surface area contributed by atoms with Gasteiger partial charge in [-0.1, -0.05) is 32.0 Å². The van der Waals surface area contributed by atoms with Gasteiger partial charge in [-0.05, 0) is 93.8 Å². The molecule has 0 radical (unpaired) electrons. The van der Waals surface area contributed by atoms with Crippen LogP contribution >= 0.6 is 0 Å². The summed E-state index contributed by atoms with van der Waals surface area (Å²) in [5.74, 6) is -1.31. The number of hydrogen-bond acceptors (Lipinski definition) is 4. The average molecular weight is 503 g/mol. The zero-order valence-electron chi connectivity index (χ0n) is 22.1. The van der Waals surface area contributed by atoms with Gasteiger partial charge in [-0.15, -0.1) is 0 Å². The predicted octanol–water partition coefficient (Wildman–Crippen LogP) is 5.72. The van der Waals surface area contributed by atoms with Crippen LogP contribution in [0.1, 0.15) is 75.8 Å². The van der Waals surface area contributed by atoms with E-state index in [0.29, 0.717) is 12.1 Å². The molecule has 1 aliphatic carbocycles. The van der Waals surface area contributed by atoms with E-state index in [0.717, 1.165) is 37.3 Å². The molecule has 5 nitrogen and oxygen atoms in total. The molecule has 3 rings (SSSR count). The van der Waals surface area contributed by atoms with E-state index in [1.54, 1.807) is 4.90 Å². The molecule has 0 saturated carbocycles. The van der Waals surface area contributed by atoms with Crippen LogP contribution in [-0.2, 0) is 24.0 Å². The number of aliphatic hydroxyl groups excluding tert-OH is 1. The van der Waals surface area contributed by atoms with E-state index < -0.39 is 35.5 Å². The van der Waals surface area contributed by atoms with Crippen LogP contribution in [0, 0.1) is 11.6 Å². The summed E-state index contributed by atoms with van der Waals surface area (Å²) in [6, 6.07) is 9.09. The van der Waals surface area contributed by atoms with E-state index in [4.69, 9.17) is 4.74 Å². The molecule has 1 amide bonds. The lowest BCUT2D eigenvalue weighted by Gasteiger charge is -2.39. The minimum atomic E-state index is -0.983. The van der Waals surface area contributed by atoms with Gasteiger partial charge in [0.15, 0.2) is 0 Å². The molecule has 0 spiro atoms. The highest BCUT2D eigenvalue weighted by Gasteiger charge is 2.35. The lowest BCUT2D eigenvalue weighted by atomic mass is 9.85. The van der Waals surface area contributed by atoms with Gasteiger partial charge < -0.3 is 15.2 Å². The highest BCUT2D eigenvalue weighted by atomic mass is 19.1. The van der Waals surface area contributed by atoms with Crippen LogP contribution in [0.3, 0.4) is 0 Å². The number of halogens is 2. The van der Waals surface area contributed by atoms with Crippen molar-refractivity contribution in [2.24, 2.45) is 0 Å². The van der Waals surface area contributed by atoms with E-state index in [1.165, 1.54) is 23.3 Å². The van der Waals surface area contributed by atoms with Gasteiger partial charge in [0.05, 0.1) is 18.7 Å². The maximum Gasteiger partial charge on any atom is 0.410 e. The minimum Gasteiger partial charge on any atom is -0.444 e. The SMILES string of the molecule is CCN[C@@H](Cc1cc(F)cc(F)c1)[C@H](O)CN(C(=O)OC(C)(C)C)[C@@H]1CCCc2ccc(CC)cc21. The zero-order chi connectivity index (χ0) is 26.5. The van der Waals surface area contributed by atoms with Crippen molar-refractivity contribution in [2.45, 2.75) is 90.5 Å². The van der Waals surface area contributed by atoms with Crippen LogP contribution in [0.25, 0.3) is 0 Å². The molecule has 2 aromatic carbocycles. The molecule has 0 bridgehead atoms. The molecule has 0 unspecified atom stereocenters. The summed E-state index contributed by atoms with van der Waals surface area (Å²) in [6.07, 6.45) is 2.29. The van der Waals surface area contributed by atoms with Crippen molar-refractivity contribution in [3.05, 3.63) is 70.3 Å². The number of carbonyl (C=O) groups excluding carboxylic acids is 1. The number of aryl methyl sites for hydroxylation is 2. The van der Waals surface area contributed by atoms with Crippen LogP contribution in [-0.4, -0.2) is 46.9 Å². The van der Waals surface area contributed by atoms with Crippen LogP contribution in [0.2, 0.25) is 0 Å². The Balaban J connectivity index is 1.91. The van der Waals surface area contributed by atoms with Crippen molar-refractivity contribution >= 4 is 6.09 Å². The lowest BCUT2D eigenvalue weighted by Crippen LogP contribution is -2.51. The first kappa shape index (κ1) is 28.1. The highest BCUT2D eigenvalue weighted by molar-refractivity contribution is 5.69. The predicted molar refractivity (Wildman–Crippen MR) is 138 cm³/mol. The number of benzene rings is 2. The number of likely N-dealkylation sites (N-methyl/N-ethyl adjacent to an activating group) is 1. The monoisotopic (exact) mass is 502 g/mol. The largest absolute Gasteiger partial charge is 0.444 e. The molecule has 198 valence electrons. The highest BCUT2D eigenvalue weighted by Crippen LogP contribution is 2.36. The van der Waals surface area contributed by atoms with Crippen molar-refractivity contribution in [1.29, 1.82) is 0 Å². The second-order valence-electron chi connectivity index (χ2n) is 10.6. The molecule has 7 heteroatoms. The van der Waals surface area contributed by atoms with Gasteiger partial charge in [-0.2, -0.15) is 0 Å². The molecule has 2 N–H and O–H groups in total. The molecule has 36 heavy (non-hydrogen) atoms. The molecule has 3 atom stereocenters. The number of amides is 1. The minimum absolute atomic E-state index is 0.0326. The van der Waals surface area contributed by atoms with E-state index in [-0.39, 0.29) is 19.0 Å². The molecular formula is C29H40F2N2O3. The fraction of sp³-hybridized carbons (Fsp3) is 0.552. The second kappa shape index (κ2) is 12.2. The Hall–Kier alpha value is -2.51. The quantitative estimate of drug-likeness (QED) is 0.460. The number of aliphatic hydroxyl groups is 1. The van der Waals surface area contributed by atoms with Gasteiger partial charge in [-0.3, -0.25) is 4.90 Å². The summed E-state index contributed by atoms with van der Waals surface area (Å²) in [5.41, 5.74) is 3.26. The third-order valence-electron chi connectivity index (χ3n) is 6.60. The van der Waals surface area contributed by atoms with Crippen LogP contribution < -0.4 is 5.32 Å². The first-order chi connectivity index (χ1) is 17.0. The maximum absolute atomic E-state index is 13.8. The summed E-state index contributed by atoms with van der Waals surface area (Å²) in [5, 5.41) is 14.6. The van der Waals surface area contributed by atoms with Gasteiger partial charge in [0.1, 0.15) is 17.2 Å². The average Bonchev–Trinajstić information content (AvgIpc) is 2.79. The van der Waals surface area contributed by atoms with E-state index in [2.05, 4.69) is 30.4 Å². The Labute approximate surface area is 213 Å². The van der Waals surface area contributed by atoms with Crippen LogP contribution in [0.5, 0.6) is 0 Å². The molecule has 0 heterocycles. The van der Waals surface area contributed by atoms with Gasteiger partial charge in [0.2, 0.25) is 0 Å². The van der Waals surface area contributed by atoms with Crippen molar-refractivity contribution in [3.8, 4) is 0 Å². The third-order valence-corrected chi connectivity index (χ3v) is 6.60. The maximum atomic E-state index is 13.8. The summed E-state index contributed by atoms with van der Waals surface area (Å²) in [4.78, 5) is 15.1. The first-order valence-electron chi connectivity index (χ1n) is 13.0. The fourth-order valence-electron chi connectivity index (χ4n) is 4.93. The van der Waals surface area contributed by atoms with E-state index >= 15 is 0 Å². The Morgan fingerprint density at radius 3 is 2.44 bits per heavy atom. The standard InChI is InChI=1S/C29H40F2N2O3/c1-6-19-11-12-21-9-8-10-26(24(21)15-19)33(28(35)36-29(3,4)5)18-27(34)25(32-7-2)16-20-13-22(30)17-23(31)14-20/h11-15,17,25-27,32,34H,6-10,16,18H2,1-5H3/t25-,26+,27+/m0/s1. The summed E-state index contributed by atoms with van der Waals surface area (Å²) in [6.45, 7) is 10.1. The number of nitrogens with one attached hydrogen (secondary N) is 1. The zero-order valence-corrected chi connectivity index (χ0v) is 22.1.